The van der Waals surface area contributed by atoms with Crippen LogP contribution in [-0.4, -0.2) is 17.0 Å². The highest BCUT2D eigenvalue weighted by Gasteiger charge is 2.24. The van der Waals surface area contributed by atoms with Gasteiger partial charge >= 0.3 is 0 Å². The number of hydrogen-bond donors (Lipinski definition) is 0. The van der Waals surface area contributed by atoms with Gasteiger partial charge in [-0.25, -0.2) is 0 Å². The van der Waals surface area contributed by atoms with E-state index in [0.29, 0.717) is 11.3 Å². The topological polar surface area (TPSA) is 95.5 Å². The lowest BCUT2D eigenvalue weighted by Gasteiger charge is -2.06. The second-order valence-electron chi connectivity index (χ2n) is 4.06. The summed E-state index contributed by atoms with van der Waals surface area (Å²) < 4.78 is 5.01. The molecule has 7 nitrogen and oxygen atoms in total. The van der Waals surface area contributed by atoms with Crippen molar-refractivity contribution < 1.29 is 14.6 Å². The molecule has 2 rings (SSSR count). The van der Waals surface area contributed by atoms with Gasteiger partial charge in [-0.15, -0.1) is 0 Å². The Labute approximate surface area is 124 Å². The summed E-state index contributed by atoms with van der Waals surface area (Å²) in [7, 11) is 1.50. The van der Waals surface area contributed by atoms with Crippen molar-refractivity contribution in [2.75, 3.05) is 7.11 Å². The van der Waals surface area contributed by atoms with Crippen LogP contribution in [-0.2, 0) is 0 Å². The first-order valence-corrected chi connectivity index (χ1v) is 6.08. The minimum absolute atomic E-state index is 0.156. The zero-order valence-corrected chi connectivity index (χ0v) is 11.5. The van der Waals surface area contributed by atoms with E-state index < -0.39 is 15.5 Å². The van der Waals surface area contributed by atoms with Crippen molar-refractivity contribution >= 4 is 23.0 Å². The Morgan fingerprint density at radius 1 is 1.00 bits per heavy atom. The summed E-state index contributed by atoms with van der Waals surface area (Å²) in [4.78, 5) is 20.5. The lowest BCUT2D eigenvalue weighted by molar-refractivity contribution is -0.393. The molecule has 2 aromatic carbocycles. The third-order valence-electron chi connectivity index (χ3n) is 2.86. The Hall–Kier alpha value is -2.67. The number of benzene rings is 2. The molecule has 0 spiro atoms. The van der Waals surface area contributed by atoms with Crippen LogP contribution in [0.25, 0.3) is 11.1 Å². The third-order valence-corrected chi connectivity index (χ3v) is 3.16. The number of rotatable bonds is 4. The Morgan fingerprint density at radius 2 is 1.57 bits per heavy atom. The molecule has 0 saturated heterocycles. The molecule has 21 heavy (non-hydrogen) atoms. The van der Waals surface area contributed by atoms with Crippen LogP contribution in [0, 0.1) is 20.2 Å². The second-order valence-corrected chi connectivity index (χ2v) is 4.47. The van der Waals surface area contributed by atoms with E-state index in [0.717, 1.165) is 6.07 Å². The van der Waals surface area contributed by atoms with Crippen molar-refractivity contribution in [1.82, 2.24) is 0 Å². The molecule has 0 aliphatic carbocycles. The maximum absolute atomic E-state index is 11.1. The van der Waals surface area contributed by atoms with Gasteiger partial charge in [-0.2, -0.15) is 0 Å². The normalized spacial score (nSPS) is 10.2. The molecule has 0 unspecified atom stereocenters. The first kappa shape index (κ1) is 14.7. The molecule has 0 bridgehead atoms. The summed E-state index contributed by atoms with van der Waals surface area (Å²) >= 11 is 5.82. The largest absolute Gasteiger partial charge is 0.497 e. The summed E-state index contributed by atoms with van der Waals surface area (Å²) in [5, 5.41) is 21.8. The SMILES string of the molecule is COc1ccc(-c2cc(Cl)c([N+](=O)[O-])cc2[N+](=O)[O-])cc1. The molecule has 108 valence electrons. The minimum atomic E-state index is -0.757. The summed E-state index contributed by atoms with van der Waals surface area (Å²) in [5.41, 5.74) is -0.158. The molecular weight excluding hydrogens is 300 g/mol. The average Bonchev–Trinajstić information content (AvgIpc) is 2.46. The van der Waals surface area contributed by atoms with E-state index in [1.54, 1.807) is 24.3 Å². The fraction of sp³-hybridized carbons (Fsp3) is 0.0769. The number of ether oxygens (including phenoxy) is 1. The van der Waals surface area contributed by atoms with Gasteiger partial charge in [0.25, 0.3) is 11.4 Å². The van der Waals surface area contributed by atoms with E-state index in [9.17, 15) is 20.2 Å². The highest BCUT2D eigenvalue weighted by Crippen LogP contribution is 2.38. The van der Waals surface area contributed by atoms with Crippen LogP contribution in [0.5, 0.6) is 5.75 Å². The van der Waals surface area contributed by atoms with Crippen molar-refractivity contribution in [3.05, 3.63) is 61.6 Å². The molecule has 0 atom stereocenters. The van der Waals surface area contributed by atoms with Gasteiger partial charge in [0.1, 0.15) is 10.8 Å². The van der Waals surface area contributed by atoms with E-state index in [1.807, 2.05) is 0 Å². The van der Waals surface area contributed by atoms with Gasteiger partial charge in [-0.05, 0) is 23.8 Å². The van der Waals surface area contributed by atoms with Crippen molar-refractivity contribution in [2.24, 2.45) is 0 Å². The van der Waals surface area contributed by atoms with E-state index in [1.165, 1.54) is 13.2 Å². The van der Waals surface area contributed by atoms with Gasteiger partial charge in [0.2, 0.25) is 0 Å². The summed E-state index contributed by atoms with van der Waals surface area (Å²) in [6, 6.07) is 8.58. The van der Waals surface area contributed by atoms with Crippen molar-refractivity contribution in [3.8, 4) is 16.9 Å². The minimum Gasteiger partial charge on any atom is -0.497 e. The maximum atomic E-state index is 11.1. The van der Waals surface area contributed by atoms with Gasteiger partial charge in [0.05, 0.1) is 28.6 Å². The van der Waals surface area contributed by atoms with E-state index in [2.05, 4.69) is 0 Å². The summed E-state index contributed by atoms with van der Waals surface area (Å²) in [5.74, 6) is 0.592. The molecule has 0 N–H and O–H groups in total. The molecule has 0 saturated carbocycles. The van der Waals surface area contributed by atoms with Crippen LogP contribution in [0.15, 0.2) is 36.4 Å². The molecule has 8 heteroatoms. The van der Waals surface area contributed by atoms with Gasteiger partial charge in [-0.3, -0.25) is 20.2 Å². The van der Waals surface area contributed by atoms with E-state index >= 15 is 0 Å². The molecule has 0 fully saturated rings. The smallest absolute Gasteiger partial charge is 0.294 e. The zero-order chi connectivity index (χ0) is 15.6. The quantitative estimate of drug-likeness (QED) is 0.631. The fourth-order valence-electron chi connectivity index (χ4n) is 1.84. The molecule has 2 aromatic rings. The molecule has 0 heterocycles. The molecule has 0 radical (unpaired) electrons. The van der Waals surface area contributed by atoms with Crippen LogP contribution in [0.1, 0.15) is 0 Å². The van der Waals surface area contributed by atoms with Crippen LogP contribution >= 0.6 is 11.6 Å². The first-order chi connectivity index (χ1) is 9.93. The Kier molecular flexibility index (Phi) is 4.04. The van der Waals surface area contributed by atoms with E-state index in [4.69, 9.17) is 16.3 Å². The molecule has 0 amide bonds. The average molecular weight is 309 g/mol. The number of methoxy groups -OCH3 is 1. The van der Waals surface area contributed by atoms with Crippen LogP contribution in [0.3, 0.4) is 0 Å². The van der Waals surface area contributed by atoms with Crippen molar-refractivity contribution in [3.63, 3.8) is 0 Å². The molecule has 0 aromatic heterocycles. The Bertz CT molecular complexity index is 715. The number of nitrogens with zero attached hydrogens (tertiary/aromatic N) is 2. The van der Waals surface area contributed by atoms with Crippen molar-refractivity contribution in [2.45, 2.75) is 0 Å². The van der Waals surface area contributed by atoms with Crippen LogP contribution in [0.4, 0.5) is 11.4 Å². The highest BCUT2D eigenvalue weighted by molar-refractivity contribution is 6.33. The second kappa shape index (κ2) is 5.76. The number of nitro benzene ring substituents is 2. The van der Waals surface area contributed by atoms with Gasteiger partial charge in [0.15, 0.2) is 0 Å². The highest BCUT2D eigenvalue weighted by atomic mass is 35.5. The fourth-order valence-corrected chi connectivity index (χ4v) is 2.08. The number of hydrogen-bond acceptors (Lipinski definition) is 5. The Balaban J connectivity index is 2.63. The summed E-state index contributed by atoms with van der Waals surface area (Å²) in [6.45, 7) is 0. The zero-order valence-electron chi connectivity index (χ0n) is 10.8. The third kappa shape index (κ3) is 2.92. The summed E-state index contributed by atoms with van der Waals surface area (Å²) in [6.07, 6.45) is 0. The predicted molar refractivity (Wildman–Crippen MR) is 76.7 cm³/mol. The van der Waals surface area contributed by atoms with Gasteiger partial charge in [-0.1, -0.05) is 23.7 Å². The van der Waals surface area contributed by atoms with E-state index in [-0.39, 0.29) is 16.3 Å². The van der Waals surface area contributed by atoms with Crippen LogP contribution < -0.4 is 4.74 Å². The van der Waals surface area contributed by atoms with Crippen LogP contribution in [0.2, 0.25) is 5.02 Å². The molecule has 0 aliphatic heterocycles. The predicted octanol–water partition coefficient (Wildman–Crippen LogP) is 3.83. The van der Waals surface area contributed by atoms with Crippen molar-refractivity contribution in [1.29, 1.82) is 0 Å². The number of halogens is 1. The van der Waals surface area contributed by atoms with Gasteiger partial charge in [0, 0.05) is 0 Å². The monoisotopic (exact) mass is 308 g/mol. The standard InChI is InChI=1S/C13H9ClN2O5/c1-21-9-4-2-8(3-5-9)10-6-11(14)13(16(19)20)7-12(10)15(17)18/h2-7H,1H3. The van der Waals surface area contributed by atoms with Gasteiger partial charge < -0.3 is 4.74 Å². The number of nitro groups is 2. The molecule has 0 aliphatic rings. The Morgan fingerprint density at radius 3 is 2.05 bits per heavy atom. The first-order valence-electron chi connectivity index (χ1n) is 5.70. The lowest BCUT2D eigenvalue weighted by atomic mass is 10.0. The molecular formula is C13H9ClN2O5. The maximum Gasteiger partial charge on any atom is 0.294 e. The lowest BCUT2D eigenvalue weighted by Crippen LogP contribution is -1.96.